The van der Waals surface area contributed by atoms with E-state index in [2.05, 4.69) is 43.0 Å². The standard InChI is InChI=1S/C15H26N2O/c1-4-17(14-8-5-7-13(2)11-14)15(12-18-3)9-6-10-16/h5,7-8,11,15H,4,6,9-10,12,16H2,1-3H3. The summed E-state index contributed by atoms with van der Waals surface area (Å²) in [4.78, 5) is 2.41. The van der Waals surface area contributed by atoms with Gasteiger partial charge in [0.25, 0.3) is 0 Å². The van der Waals surface area contributed by atoms with Gasteiger partial charge in [0, 0.05) is 19.3 Å². The molecule has 1 unspecified atom stereocenters. The molecule has 18 heavy (non-hydrogen) atoms. The highest BCUT2D eigenvalue weighted by atomic mass is 16.5. The van der Waals surface area contributed by atoms with Crippen LogP contribution in [0.5, 0.6) is 0 Å². The molecule has 0 fully saturated rings. The number of ether oxygens (including phenoxy) is 1. The summed E-state index contributed by atoms with van der Waals surface area (Å²) in [6.45, 7) is 6.80. The van der Waals surface area contributed by atoms with E-state index in [1.54, 1.807) is 7.11 Å². The van der Waals surface area contributed by atoms with Crippen LogP contribution in [0, 0.1) is 6.92 Å². The molecule has 3 heteroatoms. The lowest BCUT2D eigenvalue weighted by Crippen LogP contribution is -2.39. The maximum absolute atomic E-state index is 5.62. The largest absolute Gasteiger partial charge is 0.383 e. The zero-order valence-corrected chi connectivity index (χ0v) is 11.9. The molecule has 0 saturated carbocycles. The van der Waals surface area contributed by atoms with Crippen LogP contribution in [-0.4, -0.2) is 32.8 Å². The lowest BCUT2D eigenvalue weighted by molar-refractivity contribution is 0.172. The molecule has 1 aromatic carbocycles. The lowest BCUT2D eigenvalue weighted by Gasteiger charge is -2.32. The van der Waals surface area contributed by atoms with E-state index >= 15 is 0 Å². The van der Waals surface area contributed by atoms with Gasteiger partial charge in [-0.2, -0.15) is 0 Å². The van der Waals surface area contributed by atoms with E-state index in [4.69, 9.17) is 10.5 Å². The van der Waals surface area contributed by atoms with Gasteiger partial charge in [0.15, 0.2) is 0 Å². The Hall–Kier alpha value is -1.06. The first-order valence-electron chi connectivity index (χ1n) is 6.75. The first-order valence-corrected chi connectivity index (χ1v) is 6.75. The van der Waals surface area contributed by atoms with Gasteiger partial charge in [-0.1, -0.05) is 12.1 Å². The van der Waals surface area contributed by atoms with Crippen LogP contribution in [0.1, 0.15) is 25.3 Å². The van der Waals surface area contributed by atoms with E-state index in [0.717, 1.165) is 32.5 Å². The maximum atomic E-state index is 5.62. The molecular weight excluding hydrogens is 224 g/mol. The average molecular weight is 250 g/mol. The van der Waals surface area contributed by atoms with Gasteiger partial charge in [0.2, 0.25) is 0 Å². The van der Waals surface area contributed by atoms with Crippen molar-refractivity contribution in [1.29, 1.82) is 0 Å². The van der Waals surface area contributed by atoms with Crippen LogP contribution < -0.4 is 10.6 Å². The van der Waals surface area contributed by atoms with Gasteiger partial charge in [-0.25, -0.2) is 0 Å². The Labute approximate surface area is 111 Å². The average Bonchev–Trinajstić information content (AvgIpc) is 2.37. The molecule has 0 saturated heterocycles. The van der Waals surface area contributed by atoms with Crippen molar-refractivity contribution in [2.75, 3.05) is 31.7 Å². The van der Waals surface area contributed by atoms with Crippen molar-refractivity contribution in [1.82, 2.24) is 0 Å². The summed E-state index contributed by atoms with van der Waals surface area (Å²) < 4.78 is 5.35. The molecule has 102 valence electrons. The summed E-state index contributed by atoms with van der Waals surface area (Å²) in [6.07, 6.45) is 2.11. The van der Waals surface area contributed by atoms with Crippen molar-refractivity contribution in [2.45, 2.75) is 32.7 Å². The van der Waals surface area contributed by atoms with Crippen molar-refractivity contribution >= 4 is 5.69 Å². The Morgan fingerprint density at radius 1 is 1.39 bits per heavy atom. The molecule has 0 amide bonds. The van der Waals surface area contributed by atoms with Gasteiger partial charge in [-0.15, -0.1) is 0 Å². The summed E-state index contributed by atoms with van der Waals surface area (Å²) in [6, 6.07) is 9.05. The lowest BCUT2D eigenvalue weighted by atomic mass is 10.1. The Balaban J connectivity index is 2.83. The van der Waals surface area contributed by atoms with Gasteiger partial charge >= 0.3 is 0 Å². The third kappa shape index (κ3) is 4.31. The minimum absolute atomic E-state index is 0.408. The van der Waals surface area contributed by atoms with Crippen molar-refractivity contribution in [3.63, 3.8) is 0 Å². The zero-order valence-electron chi connectivity index (χ0n) is 11.9. The number of benzene rings is 1. The molecule has 2 N–H and O–H groups in total. The van der Waals surface area contributed by atoms with Crippen molar-refractivity contribution in [3.05, 3.63) is 29.8 Å². The van der Waals surface area contributed by atoms with Crippen LogP contribution in [0.4, 0.5) is 5.69 Å². The summed E-state index contributed by atoms with van der Waals surface area (Å²) in [5.74, 6) is 0. The first kappa shape index (κ1) is 15.0. The van der Waals surface area contributed by atoms with Gasteiger partial charge < -0.3 is 15.4 Å². The number of nitrogens with two attached hydrogens (primary N) is 1. The number of anilines is 1. The van der Waals surface area contributed by atoms with E-state index in [1.807, 2.05) is 0 Å². The number of hydrogen-bond donors (Lipinski definition) is 1. The third-order valence-corrected chi connectivity index (χ3v) is 3.22. The van der Waals surface area contributed by atoms with Crippen LogP contribution in [0.15, 0.2) is 24.3 Å². The Morgan fingerprint density at radius 2 is 2.17 bits per heavy atom. The molecule has 0 aromatic heterocycles. The Kier molecular flexibility index (Phi) is 6.76. The van der Waals surface area contributed by atoms with Gasteiger partial charge in [-0.05, 0) is 50.9 Å². The predicted octanol–water partition coefficient (Wildman–Crippen LogP) is 2.58. The fourth-order valence-corrected chi connectivity index (χ4v) is 2.33. The molecule has 0 spiro atoms. The summed E-state index contributed by atoms with van der Waals surface area (Å²) >= 11 is 0. The molecule has 0 heterocycles. The SMILES string of the molecule is CCN(c1cccc(C)c1)C(CCCN)COC. The van der Waals surface area contributed by atoms with Crippen LogP contribution >= 0.6 is 0 Å². The Bertz CT molecular complexity index is 341. The number of likely N-dealkylation sites (N-methyl/N-ethyl adjacent to an activating group) is 1. The van der Waals surface area contributed by atoms with Crippen LogP contribution in [0.3, 0.4) is 0 Å². The Morgan fingerprint density at radius 3 is 2.72 bits per heavy atom. The monoisotopic (exact) mass is 250 g/mol. The fraction of sp³-hybridized carbons (Fsp3) is 0.600. The number of rotatable bonds is 8. The second-order valence-corrected chi connectivity index (χ2v) is 4.67. The van der Waals surface area contributed by atoms with Crippen molar-refractivity contribution in [2.24, 2.45) is 5.73 Å². The highest BCUT2D eigenvalue weighted by molar-refractivity contribution is 5.49. The molecule has 0 bridgehead atoms. The van der Waals surface area contributed by atoms with Crippen LogP contribution in [0.25, 0.3) is 0 Å². The van der Waals surface area contributed by atoms with E-state index in [1.165, 1.54) is 11.3 Å². The zero-order chi connectivity index (χ0) is 13.4. The molecule has 0 aliphatic carbocycles. The second kappa shape index (κ2) is 8.11. The number of methoxy groups -OCH3 is 1. The minimum Gasteiger partial charge on any atom is -0.383 e. The molecule has 3 nitrogen and oxygen atoms in total. The smallest absolute Gasteiger partial charge is 0.0666 e. The van der Waals surface area contributed by atoms with Gasteiger partial charge in [0.1, 0.15) is 0 Å². The molecule has 1 aromatic rings. The van der Waals surface area contributed by atoms with Gasteiger partial charge in [-0.3, -0.25) is 0 Å². The molecule has 0 aliphatic rings. The number of nitrogens with zero attached hydrogens (tertiary/aromatic N) is 1. The highest BCUT2D eigenvalue weighted by Crippen LogP contribution is 2.20. The quantitative estimate of drug-likeness (QED) is 0.770. The van der Waals surface area contributed by atoms with Crippen LogP contribution in [-0.2, 0) is 4.74 Å². The molecule has 1 atom stereocenters. The summed E-state index contributed by atoms with van der Waals surface area (Å²) in [7, 11) is 1.76. The topological polar surface area (TPSA) is 38.5 Å². The third-order valence-electron chi connectivity index (χ3n) is 3.22. The van der Waals surface area contributed by atoms with Crippen LogP contribution in [0.2, 0.25) is 0 Å². The molecule has 1 rings (SSSR count). The van der Waals surface area contributed by atoms with E-state index in [9.17, 15) is 0 Å². The number of aryl methyl sites for hydroxylation is 1. The van der Waals surface area contributed by atoms with E-state index < -0.39 is 0 Å². The predicted molar refractivity (Wildman–Crippen MR) is 78.2 cm³/mol. The highest BCUT2D eigenvalue weighted by Gasteiger charge is 2.17. The van der Waals surface area contributed by atoms with Crippen molar-refractivity contribution in [3.8, 4) is 0 Å². The first-order chi connectivity index (χ1) is 8.72. The summed E-state index contributed by atoms with van der Waals surface area (Å²) in [5, 5.41) is 0. The molecular formula is C15H26N2O. The fourth-order valence-electron chi connectivity index (χ4n) is 2.33. The molecule has 0 radical (unpaired) electrons. The van der Waals surface area contributed by atoms with Crippen molar-refractivity contribution < 1.29 is 4.74 Å². The van der Waals surface area contributed by atoms with E-state index in [0.29, 0.717) is 6.04 Å². The minimum atomic E-state index is 0.408. The maximum Gasteiger partial charge on any atom is 0.0666 e. The molecule has 0 aliphatic heterocycles. The number of hydrogen-bond acceptors (Lipinski definition) is 3. The second-order valence-electron chi connectivity index (χ2n) is 4.67. The van der Waals surface area contributed by atoms with E-state index in [-0.39, 0.29) is 0 Å². The summed E-state index contributed by atoms with van der Waals surface area (Å²) in [5.41, 5.74) is 8.19. The normalized spacial score (nSPS) is 12.4. The van der Waals surface area contributed by atoms with Gasteiger partial charge in [0.05, 0.1) is 12.6 Å².